The van der Waals surface area contributed by atoms with Crippen LogP contribution in [0.4, 0.5) is 5.69 Å². The van der Waals surface area contributed by atoms with Crippen LogP contribution < -0.4 is 4.74 Å². The maximum absolute atomic E-state index is 11.5. The fourth-order valence-electron chi connectivity index (χ4n) is 1.73. The molecule has 0 aromatic heterocycles. The molecule has 118 valence electrons. The predicted octanol–water partition coefficient (Wildman–Crippen LogP) is 4.56. The van der Waals surface area contributed by atoms with Crippen molar-refractivity contribution >= 4 is 11.5 Å². The van der Waals surface area contributed by atoms with E-state index in [1.54, 1.807) is 0 Å². The van der Waals surface area contributed by atoms with Crippen LogP contribution in [-0.4, -0.2) is 16.8 Å². The van der Waals surface area contributed by atoms with Crippen LogP contribution >= 0.6 is 0 Å². The van der Waals surface area contributed by atoms with Crippen molar-refractivity contribution in [2.75, 3.05) is 0 Å². The largest absolute Gasteiger partial charge is 0.490 e. The molecule has 1 unspecified atom stereocenters. The van der Waals surface area contributed by atoms with E-state index in [1.807, 2.05) is 34.6 Å². The second kappa shape index (κ2) is 9.10. The van der Waals surface area contributed by atoms with Crippen molar-refractivity contribution in [3.63, 3.8) is 0 Å². The molecule has 1 aromatic carbocycles. The molecule has 0 N–H and O–H groups in total. The Morgan fingerprint density at radius 2 is 1.90 bits per heavy atom. The Kier molecular flexibility index (Phi) is 8.28. The van der Waals surface area contributed by atoms with Crippen LogP contribution in [0.1, 0.15) is 63.9 Å². The summed E-state index contributed by atoms with van der Waals surface area (Å²) in [5.41, 5.74) is 0.693. The van der Waals surface area contributed by atoms with Gasteiger partial charge in [-0.1, -0.05) is 27.7 Å². The Labute approximate surface area is 126 Å². The van der Waals surface area contributed by atoms with E-state index < -0.39 is 4.92 Å². The van der Waals surface area contributed by atoms with Gasteiger partial charge in [0.15, 0.2) is 5.78 Å². The highest BCUT2D eigenvalue weighted by Crippen LogP contribution is 2.30. The zero-order valence-electron chi connectivity index (χ0n) is 13.7. The molecule has 0 amide bonds. The fraction of sp³-hybridized carbons (Fsp3) is 0.562. The van der Waals surface area contributed by atoms with E-state index in [4.69, 9.17) is 4.74 Å². The van der Waals surface area contributed by atoms with Gasteiger partial charge in [0.25, 0.3) is 5.69 Å². The summed E-state index contributed by atoms with van der Waals surface area (Å²) in [6.45, 7) is 11.1. The third-order valence-corrected chi connectivity index (χ3v) is 3.04. The van der Waals surface area contributed by atoms with Crippen LogP contribution in [0.5, 0.6) is 5.75 Å². The van der Waals surface area contributed by atoms with Crippen LogP contribution in [0.3, 0.4) is 0 Å². The molecule has 0 spiro atoms. The Hall–Kier alpha value is -1.91. The lowest BCUT2D eigenvalue weighted by Gasteiger charge is -2.16. The first-order chi connectivity index (χ1) is 9.90. The monoisotopic (exact) mass is 295 g/mol. The van der Waals surface area contributed by atoms with Crippen LogP contribution in [0.25, 0.3) is 0 Å². The number of carbonyl (C=O) groups excluding carboxylic acids is 1. The summed E-state index contributed by atoms with van der Waals surface area (Å²) in [5.74, 6) is 0.232. The summed E-state index contributed by atoms with van der Waals surface area (Å²) in [6, 6.07) is 2.93. The van der Waals surface area contributed by atoms with Gasteiger partial charge >= 0.3 is 0 Å². The van der Waals surface area contributed by atoms with Gasteiger partial charge in [-0.15, -0.1) is 0 Å². The molecule has 0 fully saturated rings. The van der Waals surface area contributed by atoms with Crippen molar-refractivity contribution in [2.24, 2.45) is 0 Å². The zero-order chi connectivity index (χ0) is 16.6. The number of aryl methyl sites for hydroxylation is 1. The van der Waals surface area contributed by atoms with Crippen LogP contribution in [0.15, 0.2) is 12.1 Å². The van der Waals surface area contributed by atoms with Gasteiger partial charge < -0.3 is 4.74 Å². The van der Waals surface area contributed by atoms with Crippen LogP contribution in [-0.2, 0) is 6.42 Å². The van der Waals surface area contributed by atoms with Gasteiger partial charge in [-0.05, 0) is 32.8 Å². The van der Waals surface area contributed by atoms with Crippen LogP contribution in [0, 0.1) is 10.1 Å². The van der Waals surface area contributed by atoms with Gasteiger partial charge in [-0.2, -0.15) is 0 Å². The van der Waals surface area contributed by atoms with E-state index in [0.29, 0.717) is 12.2 Å². The predicted molar refractivity (Wildman–Crippen MR) is 84.2 cm³/mol. The summed E-state index contributed by atoms with van der Waals surface area (Å²) in [4.78, 5) is 22.0. The molecule has 0 heterocycles. The molecule has 5 nitrogen and oxygen atoms in total. The molecule has 0 bridgehead atoms. The number of ketones is 1. The quantitative estimate of drug-likeness (QED) is 0.438. The third kappa shape index (κ3) is 5.17. The summed E-state index contributed by atoms with van der Waals surface area (Å²) >= 11 is 0. The average molecular weight is 295 g/mol. The minimum Gasteiger partial charge on any atom is -0.490 e. The number of nitro benzene ring substituents is 1. The molecule has 0 radical (unpaired) electrons. The van der Waals surface area contributed by atoms with E-state index in [1.165, 1.54) is 19.1 Å². The van der Waals surface area contributed by atoms with Gasteiger partial charge in [0, 0.05) is 11.6 Å². The second-order valence-corrected chi connectivity index (χ2v) is 4.48. The number of benzene rings is 1. The Balaban J connectivity index is 0.00000191. The molecule has 1 atom stereocenters. The lowest BCUT2D eigenvalue weighted by Crippen LogP contribution is -2.12. The molecular weight excluding hydrogens is 270 g/mol. The topological polar surface area (TPSA) is 69.4 Å². The van der Waals surface area contributed by atoms with Gasteiger partial charge in [0.1, 0.15) is 5.75 Å². The maximum atomic E-state index is 11.5. The molecule has 0 saturated carbocycles. The highest BCUT2D eigenvalue weighted by atomic mass is 16.6. The van der Waals surface area contributed by atoms with E-state index in [9.17, 15) is 14.9 Å². The van der Waals surface area contributed by atoms with Crippen molar-refractivity contribution in [3.05, 3.63) is 33.4 Å². The van der Waals surface area contributed by atoms with Crippen molar-refractivity contribution in [1.82, 2.24) is 0 Å². The number of ether oxygens (including phenoxy) is 1. The molecule has 0 aliphatic carbocycles. The first kappa shape index (κ1) is 19.1. The van der Waals surface area contributed by atoms with Gasteiger partial charge in [0.05, 0.1) is 16.6 Å². The summed E-state index contributed by atoms with van der Waals surface area (Å²) in [6.07, 6.45) is 1.45. The average Bonchev–Trinajstić information content (AvgIpc) is 2.48. The molecular formula is C16H25NO4. The Morgan fingerprint density at radius 1 is 1.33 bits per heavy atom. The van der Waals surface area contributed by atoms with Crippen LogP contribution in [0.2, 0.25) is 0 Å². The van der Waals surface area contributed by atoms with E-state index in [-0.39, 0.29) is 23.1 Å². The Morgan fingerprint density at radius 3 is 2.29 bits per heavy atom. The highest BCUT2D eigenvalue weighted by molar-refractivity contribution is 5.98. The lowest BCUT2D eigenvalue weighted by molar-refractivity contribution is -0.385. The molecule has 1 rings (SSSR count). The number of hydrogen-bond donors (Lipinski definition) is 0. The van der Waals surface area contributed by atoms with Crippen molar-refractivity contribution in [2.45, 2.75) is 60.5 Å². The van der Waals surface area contributed by atoms with Crippen molar-refractivity contribution < 1.29 is 14.5 Å². The third-order valence-electron chi connectivity index (χ3n) is 3.04. The molecule has 5 heteroatoms. The van der Waals surface area contributed by atoms with Crippen molar-refractivity contribution in [3.8, 4) is 5.75 Å². The highest BCUT2D eigenvalue weighted by Gasteiger charge is 2.21. The van der Waals surface area contributed by atoms with E-state index in [0.717, 1.165) is 12.0 Å². The first-order valence-electron chi connectivity index (χ1n) is 7.39. The number of rotatable bonds is 6. The maximum Gasteiger partial charge on any atom is 0.280 e. The summed E-state index contributed by atoms with van der Waals surface area (Å²) in [7, 11) is 0. The summed E-state index contributed by atoms with van der Waals surface area (Å²) < 4.78 is 5.74. The van der Waals surface area contributed by atoms with E-state index in [2.05, 4.69) is 0 Å². The van der Waals surface area contributed by atoms with Crippen molar-refractivity contribution in [1.29, 1.82) is 0 Å². The summed E-state index contributed by atoms with van der Waals surface area (Å²) in [5, 5.41) is 11.0. The van der Waals surface area contributed by atoms with Gasteiger partial charge in [-0.25, -0.2) is 0 Å². The molecule has 1 aromatic rings. The fourth-order valence-corrected chi connectivity index (χ4v) is 1.73. The van der Waals surface area contributed by atoms with Gasteiger partial charge in [-0.3, -0.25) is 14.9 Å². The minimum atomic E-state index is -0.525. The lowest BCUT2D eigenvalue weighted by atomic mass is 10.0. The number of Topliss-reactive ketones (excluding diaryl/α,β-unsaturated/α-hetero) is 1. The molecule has 0 aliphatic rings. The number of nitrogens with zero attached hydrogens (tertiary/aromatic N) is 1. The smallest absolute Gasteiger partial charge is 0.280 e. The molecule has 21 heavy (non-hydrogen) atoms. The molecule has 0 saturated heterocycles. The minimum absolute atomic E-state index is 0.00608. The first-order valence-corrected chi connectivity index (χ1v) is 7.39. The Bertz CT molecular complexity index is 497. The standard InChI is InChI=1S/C14H19NO4.C2H6/c1-5-9(3)19-14-8-12(10(4)16)13(15(17)18)7-11(14)6-2;1-2/h7-9H,5-6H2,1-4H3;1-2H3. The van der Waals surface area contributed by atoms with Gasteiger partial charge in [0.2, 0.25) is 0 Å². The SMILES string of the molecule is CC.CCc1cc([N+](=O)[O-])c(C(C)=O)cc1OC(C)CC. The number of hydrogen-bond acceptors (Lipinski definition) is 4. The van der Waals surface area contributed by atoms with E-state index >= 15 is 0 Å². The normalized spacial score (nSPS) is 11.1. The number of nitro groups is 1. The second-order valence-electron chi connectivity index (χ2n) is 4.48. The molecule has 0 aliphatic heterocycles. The number of carbonyl (C=O) groups is 1. The zero-order valence-corrected chi connectivity index (χ0v) is 13.7.